The number of benzene rings is 1. The number of hydrogen-bond acceptors (Lipinski definition) is 8. The Bertz CT molecular complexity index is 899. The Hall–Kier alpha value is -3.48. The van der Waals surface area contributed by atoms with Crippen LogP contribution in [0.5, 0.6) is 5.75 Å². The van der Waals surface area contributed by atoms with E-state index in [1.54, 1.807) is 16.9 Å². The Kier molecular flexibility index (Phi) is 6.61. The quantitative estimate of drug-likeness (QED) is 0.438. The number of aryl methyl sites for hydroxylation is 1. The molecule has 0 atom stereocenters. The van der Waals surface area contributed by atoms with Crippen molar-refractivity contribution in [3.05, 3.63) is 53.7 Å². The molecule has 10 nitrogen and oxygen atoms in total. The molecule has 0 unspecified atom stereocenters. The van der Waals surface area contributed by atoms with Gasteiger partial charge in [-0.1, -0.05) is 17.3 Å². The fourth-order valence-corrected chi connectivity index (χ4v) is 2.68. The molecule has 0 saturated carbocycles. The number of ether oxygens (including phenoxy) is 1. The Morgan fingerprint density at radius 2 is 2.07 bits per heavy atom. The van der Waals surface area contributed by atoms with E-state index in [2.05, 4.69) is 31.3 Å². The summed E-state index contributed by atoms with van der Waals surface area (Å²) in [5, 5.41) is 12.2. The molecule has 162 valence electrons. The molecule has 1 aliphatic rings. The summed E-state index contributed by atoms with van der Waals surface area (Å²) in [6.45, 7) is 1.35. The molecule has 0 radical (unpaired) electrons. The highest BCUT2D eigenvalue weighted by Gasteiger charge is 2.31. The molecule has 1 aromatic heterocycles. The van der Waals surface area contributed by atoms with E-state index in [9.17, 15) is 18.0 Å². The van der Waals surface area contributed by atoms with Gasteiger partial charge in [0.15, 0.2) is 5.69 Å². The second kappa shape index (κ2) is 9.35. The van der Waals surface area contributed by atoms with Gasteiger partial charge < -0.3 is 15.8 Å². The minimum absolute atomic E-state index is 0.0221. The molecule has 1 aliphatic heterocycles. The van der Waals surface area contributed by atoms with Crippen molar-refractivity contribution in [3.63, 3.8) is 0 Å². The van der Waals surface area contributed by atoms with E-state index in [4.69, 9.17) is 5.73 Å². The average molecular weight is 426 g/mol. The molecule has 0 aliphatic carbocycles. The summed E-state index contributed by atoms with van der Waals surface area (Å²) in [5.74, 6) is -0.281. The van der Waals surface area contributed by atoms with E-state index < -0.39 is 12.3 Å². The zero-order valence-corrected chi connectivity index (χ0v) is 15.8. The van der Waals surface area contributed by atoms with Crippen molar-refractivity contribution >= 4 is 5.91 Å². The van der Waals surface area contributed by atoms with Crippen LogP contribution in [0.3, 0.4) is 0 Å². The summed E-state index contributed by atoms with van der Waals surface area (Å²) in [7, 11) is 0. The van der Waals surface area contributed by atoms with Crippen molar-refractivity contribution in [2.75, 3.05) is 6.54 Å². The smallest absolute Gasteiger partial charge is 0.406 e. The molecule has 5 N–H and O–H groups in total. The molecule has 30 heavy (non-hydrogen) atoms. The van der Waals surface area contributed by atoms with E-state index in [1.165, 1.54) is 24.4 Å². The number of amides is 1. The van der Waals surface area contributed by atoms with Crippen LogP contribution < -0.4 is 26.7 Å². The van der Waals surface area contributed by atoms with Crippen LogP contribution in [-0.4, -0.2) is 38.8 Å². The molecule has 1 amide bonds. The van der Waals surface area contributed by atoms with Gasteiger partial charge in [-0.15, -0.1) is 23.8 Å². The van der Waals surface area contributed by atoms with E-state index in [-0.39, 0.29) is 18.0 Å². The first kappa shape index (κ1) is 21.2. The van der Waals surface area contributed by atoms with Gasteiger partial charge >= 0.3 is 6.36 Å². The Morgan fingerprint density at radius 3 is 2.80 bits per heavy atom. The summed E-state index contributed by atoms with van der Waals surface area (Å²) < 4.78 is 42.3. The van der Waals surface area contributed by atoms with Crippen LogP contribution in [0.1, 0.15) is 28.9 Å². The highest BCUT2D eigenvalue weighted by Crippen LogP contribution is 2.23. The third-order valence-electron chi connectivity index (χ3n) is 4.03. The monoisotopic (exact) mass is 426 g/mol. The van der Waals surface area contributed by atoms with Crippen LogP contribution in [0.25, 0.3) is 0 Å². The molecule has 1 aromatic carbocycles. The summed E-state index contributed by atoms with van der Waals surface area (Å²) in [6, 6.07) is 5.38. The fraction of sp³-hybridized carbons (Fsp3) is 0.353. The number of alkyl halides is 3. The Balaban J connectivity index is 1.42. The average Bonchev–Trinajstić information content (AvgIpc) is 3.31. The first-order chi connectivity index (χ1) is 14.3. The zero-order chi connectivity index (χ0) is 21.6. The molecule has 0 spiro atoms. The van der Waals surface area contributed by atoms with Crippen molar-refractivity contribution in [3.8, 4) is 5.75 Å². The number of aromatic nitrogens is 3. The van der Waals surface area contributed by atoms with Gasteiger partial charge in [0, 0.05) is 19.6 Å². The number of carbonyl (C=O) groups is 1. The number of unbranched alkanes of at least 4 members (excludes halogenated alkanes) is 1. The lowest BCUT2D eigenvalue weighted by atomic mass is 10.2. The topological polar surface area (TPSA) is 122 Å². The maximum Gasteiger partial charge on any atom is 0.573 e. The normalized spacial score (nSPS) is 13.7. The molecular formula is C17H21F3N8O2. The summed E-state index contributed by atoms with van der Waals surface area (Å²) in [6.07, 6.45) is 0.166. The number of hydrogen-bond donors (Lipinski definition) is 4. The number of nitrogens with zero attached hydrogens (tertiary/aromatic N) is 4. The van der Waals surface area contributed by atoms with Crippen molar-refractivity contribution in [1.82, 2.24) is 36.3 Å². The largest absolute Gasteiger partial charge is 0.573 e. The molecule has 2 aromatic rings. The lowest BCUT2D eigenvalue weighted by molar-refractivity contribution is -0.274. The van der Waals surface area contributed by atoms with Crippen LogP contribution in [0.4, 0.5) is 13.2 Å². The van der Waals surface area contributed by atoms with E-state index in [0.29, 0.717) is 17.9 Å². The molecule has 13 heteroatoms. The predicted molar refractivity (Wildman–Crippen MR) is 98.8 cm³/mol. The molecule has 0 fully saturated rings. The lowest BCUT2D eigenvalue weighted by Gasteiger charge is -2.14. The molecule has 2 heterocycles. The summed E-state index contributed by atoms with van der Waals surface area (Å²) in [4.78, 5) is 12.2. The highest BCUT2D eigenvalue weighted by molar-refractivity contribution is 5.91. The number of carbonyl (C=O) groups excluding carboxylic acids is 1. The standard InChI is InChI=1S/C17H21F3N8O2/c18-17(19,20)30-13-5-3-4-12(8-13)9-22-16(29)14-10-27(25-23-14)6-1-2-7-28-11-15(21)24-26-28/h3-5,8,10-11,24,26H,1-2,6-7,9,21H2,(H,22,29). The molecule has 0 saturated heterocycles. The second-order valence-electron chi connectivity index (χ2n) is 6.47. The van der Waals surface area contributed by atoms with E-state index in [0.717, 1.165) is 19.4 Å². The van der Waals surface area contributed by atoms with Gasteiger partial charge in [0.1, 0.15) is 11.6 Å². The second-order valence-corrected chi connectivity index (χ2v) is 6.47. The fourth-order valence-electron chi connectivity index (χ4n) is 2.68. The van der Waals surface area contributed by atoms with Crippen LogP contribution >= 0.6 is 0 Å². The third-order valence-corrected chi connectivity index (χ3v) is 4.03. The maximum absolute atomic E-state index is 12.3. The van der Waals surface area contributed by atoms with Gasteiger partial charge in [0.2, 0.25) is 0 Å². The zero-order valence-electron chi connectivity index (χ0n) is 15.8. The van der Waals surface area contributed by atoms with Gasteiger partial charge in [0.05, 0.1) is 12.4 Å². The van der Waals surface area contributed by atoms with Gasteiger partial charge in [-0.25, -0.2) is 0 Å². The van der Waals surface area contributed by atoms with Crippen LogP contribution in [0, 0.1) is 0 Å². The lowest BCUT2D eigenvalue weighted by Crippen LogP contribution is -2.37. The number of nitrogens with one attached hydrogen (secondary N) is 3. The van der Waals surface area contributed by atoms with Crippen molar-refractivity contribution in [1.29, 1.82) is 0 Å². The highest BCUT2D eigenvalue weighted by atomic mass is 19.4. The minimum atomic E-state index is -4.77. The predicted octanol–water partition coefficient (Wildman–Crippen LogP) is 0.969. The van der Waals surface area contributed by atoms with Gasteiger partial charge in [-0.3, -0.25) is 19.9 Å². The van der Waals surface area contributed by atoms with Crippen molar-refractivity contribution < 1.29 is 22.7 Å². The summed E-state index contributed by atoms with van der Waals surface area (Å²) >= 11 is 0. The van der Waals surface area contributed by atoms with Crippen LogP contribution in [-0.2, 0) is 13.1 Å². The van der Waals surface area contributed by atoms with Crippen molar-refractivity contribution in [2.45, 2.75) is 32.3 Å². The first-order valence-electron chi connectivity index (χ1n) is 9.07. The number of halogens is 3. The van der Waals surface area contributed by atoms with E-state index in [1.807, 2.05) is 5.01 Å². The Morgan fingerprint density at radius 1 is 1.27 bits per heavy atom. The van der Waals surface area contributed by atoms with Gasteiger partial charge in [-0.05, 0) is 30.5 Å². The first-order valence-corrected chi connectivity index (χ1v) is 9.07. The number of hydrazine groups is 2. The number of nitrogens with two attached hydrogens (primary N) is 1. The molecule has 3 rings (SSSR count). The number of rotatable bonds is 9. The van der Waals surface area contributed by atoms with Gasteiger partial charge in [0.25, 0.3) is 5.91 Å². The van der Waals surface area contributed by atoms with E-state index >= 15 is 0 Å². The molecular weight excluding hydrogens is 405 g/mol. The van der Waals surface area contributed by atoms with Crippen LogP contribution in [0.2, 0.25) is 0 Å². The Labute approximate surface area is 169 Å². The van der Waals surface area contributed by atoms with Crippen LogP contribution in [0.15, 0.2) is 42.5 Å². The maximum atomic E-state index is 12.3. The van der Waals surface area contributed by atoms with Gasteiger partial charge in [-0.2, -0.15) is 0 Å². The minimum Gasteiger partial charge on any atom is -0.406 e. The van der Waals surface area contributed by atoms with Crippen molar-refractivity contribution in [2.24, 2.45) is 5.73 Å². The third kappa shape index (κ3) is 6.55. The molecule has 0 bridgehead atoms. The summed E-state index contributed by atoms with van der Waals surface area (Å²) in [5.41, 5.74) is 11.8. The SMILES string of the molecule is NC1=CN(CCCCn2cc(C(=O)NCc3cccc(OC(F)(F)F)c3)nn2)NN1.